The number of aromatic nitrogens is 3. The molecule has 1 saturated heterocycles. The van der Waals surface area contributed by atoms with Gasteiger partial charge in [-0.2, -0.15) is 0 Å². The van der Waals surface area contributed by atoms with Gasteiger partial charge in [-0.15, -0.1) is 5.10 Å². The van der Waals surface area contributed by atoms with Gasteiger partial charge in [0.15, 0.2) is 0 Å². The van der Waals surface area contributed by atoms with Crippen LogP contribution in [0.25, 0.3) is 0 Å². The summed E-state index contributed by atoms with van der Waals surface area (Å²) in [5.74, 6) is 1.07. The van der Waals surface area contributed by atoms with Crippen LogP contribution < -0.4 is 0 Å². The van der Waals surface area contributed by atoms with Crippen molar-refractivity contribution >= 4 is 5.91 Å². The normalized spacial score (nSPS) is 23.6. The maximum absolute atomic E-state index is 12.5. The molecular weight excluding hydrogens is 252 g/mol. The molecule has 1 atom stereocenters. The monoisotopic (exact) mass is 276 g/mol. The highest BCUT2D eigenvalue weighted by atomic mass is 16.2. The summed E-state index contributed by atoms with van der Waals surface area (Å²) in [6, 6.07) is 0.520. The van der Waals surface area contributed by atoms with E-state index < -0.39 is 0 Å². The van der Waals surface area contributed by atoms with E-state index in [-0.39, 0.29) is 0 Å². The van der Waals surface area contributed by atoms with E-state index in [1.165, 1.54) is 38.5 Å². The molecule has 3 rings (SSSR count). The SMILES string of the molecule is Cn1cc(CCC(=O)N2CCCC2C2CCCC2)nn1. The third-order valence-corrected chi connectivity index (χ3v) is 4.81. The molecule has 2 heterocycles. The van der Waals surface area contributed by atoms with Gasteiger partial charge < -0.3 is 4.90 Å². The Kier molecular flexibility index (Phi) is 4.03. The molecule has 1 aliphatic carbocycles. The van der Waals surface area contributed by atoms with Gasteiger partial charge in [0.05, 0.1) is 5.69 Å². The summed E-state index contributed by atoms with van der Waals surface area (Å²) in [7, 11) is 1.86. The van der Waals surface area contributed by atoms with Gasteiger partial charge in [-0.1, -0.05) is 18.1 Å². The molecule has 20 heavy (non-hydrogen) atoms. The van der Waals surface area contributed by atoms with Gasteiger partial charge in [0.25, 0.3) is 0 Å². The number of hydrogen-bond donors (Lipinski definition) is 0. The Bertz CT molecular complexity index is 464. The second-order valence-corrected chi connectivity index (χ2v) is 6.22. The van der Waals surface area contributed by atoms with Crippen LogP contribution in [0.3, 0.4) is 0 Å². The van der Waals surface area contributed by atoms with Crippen molar-refractivity contribution in [3.05, 3.63) is 11.9 Å². The number of carbonyl (C=O) groups is 1. The van der Waals surface area contributed by atoms with Gasteiger partial charge >= 0.3 is 0 Å². The van der Waals surface area contributed by atoms with Crippen LogP contribution in [-0.2, 0) is 18.3 Å². The summed E-state index contributed by atoms with van der Waals surface area (Å²) in [6.45, 7) is 0.959. The second-order valence-electron chi connectivity index (χ2n) is 6.22. The van der Waals surface area contributed by atoms with E-state index in [4.69, 9.17) is 0 Å². The molecule has 1 aromatic heterocycles. The van der Waals surface area contributed by atoms with Crippen LogP contribution in [0.15, 0.2) is 6.20 Å². The van der Waals surface area contributed by atoms with Gasteiger partial charge in [0, 0.05) is 38.7 Å². The molecule has 1 aliphatic heterocycles. The number of amides is 1. The summed E-state index contributed by atoms with van der Waals surface area (Å²) in [6.07, 6.45) is 10.9. The van der Waals surface area contributed by atoms with Gasteiger partial charge in [-0.25, -0.2) is 0 Å². The molecule has 0 N–H and O–H groups in total. The average Bonchev–Trinajstić information content (AvgIpc) is 3.16. The first-order chi connectivity index (χ1) is 9.74. The van der Waals surface area contributed by atoms with Crippen molar-refractivity contribution in [1.82, 2.24) is 19.9 Å². The van der Waals surface area contributed by atoms with Crippen molar-refractivity contribution < 1.29 is 4.79 Å². The maximum Gasteiger partial charge on any atom is 0.223 e. The van der Waals surface area contributed by atoms with Gasteiger partial charge in [-0.3, -0.25) is 9.48 Å². The second kappa shape index (κ2) is 5.94. The molecule has 0 radical (unpaired) electrons. The fourth-order valence-corrected chi connectivity index (χ4v) is 3.82. The summed E-state index contributed by atoms with van der Waals surface area (Å²) in [5.41, 5.74) is 0.914. The molecule has 5 nitrogen and oxygen atoms in total. The van der Waals surface area contributed by atoms with Crippen LogP contribution in [0.4, 0.5) is 0 Å². The fraction of sp³-hybridized carbons (Fsp3) is 0.800. The van der Waals surface area contributed by atoms with E-state index in [1.807, 2.05) is 13.2 Å². The van der Waals surface area contributed by atoms with Crippen LogP contribution in [0.2, 0.25) is 0 Å². The molecule has 2 fully saturated rings. The number of likely N-dealkylation sites (tertiary alicyclic amines) is 1. The zero-order chi connectivity index (χ0) is 13.9. The molecule has 0 spiro atoms. The van der Waals surface area contributed by atoms with Gasteiger partial charge in [0.1, 0.15) is 0 Å². The molecule has 1 aromatic rings. The third kappa shape index (κ3) is 2.86. The van der Waals surface area contributed by atoms with Crippen molar-refractivity contribution in [2.75, 3.05) is 6.54 Å². The van der Waals surface area contributed by atoms with Crippen LogP contribution >= 0.6 is 0 Å². The van der Waals surface area contributed by atoms with Crippen molar-refractivity contribution in [2.45, 2.75) is 57.4 Å². The Balaban J connectivity index is 1.55. The minimum atomic E-state index is 0.310. The lowest BCUT2D eigenvalue weighted by Crippen LogP contribution is -2.39. The van der Waals surface area contributed by atoms with Crippen molar-refractivity contribution in [2.24, 2.45) is 13.0 Å². The fourth-order valence-electron chi connectivity index (χ4n) is 3.82. The number of carbonyl (C=O) groups excluding carboxylic acids is 1. The Hall–Kier alpha value is -1.39. The molecule has 1 saturated carbocycles. The van der Waals surface area contributed by atoms with Crippen LogP contribution in [0.5, 0.6) is 0 Å². The molecular formula is C15H24N4O. The summed E-state index contributed by atoms with van der Waals surface area (Å²) in [4.78, 5) is 14.6. The van der Waals surface area contributed by atoms with Crippen LogP contribution in [0, 0.1) is 5.92 Å². The van der Waals surface area contributed by atoms with E-state index in [1.54, 1.807) is 4.68 Å². The molecule has 2 aliphatic rings. The zero-order valence-corrected chi connectivity index (χ0v) is 12.3. The van der Waals surface area contributed by atoms with Crippen molar-refractivity contribution in [3.8, 4) is 0 Å². The Labute approximate surface area is 120 Å². The first-order valence-electron chi connectivity index (χ1n) is 7.89. The zero-order valence-electron chi connectivity index (χ0n) is 12.3. The third-order valence-electron chi connectivity index (χ3n) is 4.81. The largest absolute Gasteiger partial charge is 0.339 e. The highest BCUT2D eigenvalue weighted by molar-refractivity contribution is 5.77. The predicted octanol–water partition coefficient (Wildman–Crippen LogP) is 1.93. The lowest BCUT2D eigenvalue weighted by molar-refractivity contribution is -0.132. The average molecular weight is 276 g/mol. The van der Waals surface area contributed by atoms with E-state index >= 15 is 0 Å². The smallest absolute Gasteiger partial charge is 0.223 e. The van der Waals surface area contributed by atoms with E-state index in [9.17, 15) is 4.79 Å². The molecule has 1 amide bonds. The van der Waals surface area contributed by atoms with Crippen molar-refractivity contribution in [3.63, 3.8) is 0 Å². The van der Waals surface area contributed by atoms with Crippen LogP contribution in [0.1, 0.15) is 50.6 Å². The quantitative estimate of drug-likeness (QED) is 0.844. The van der Waals surface area contributed by atoms with Gasteiger partial charge in [-0.05, 0) is 31.6 Å². The Morgan fingerprint density at radius 1 is 1.30 bits per heavy atom. The lowest BCUT2D eigenvalue weighted by atomic mass is 9.96. The van der Waals surface area contributed by atoms with Gasteiger partial charge in [0.2, 0.25) is 5.91 Å². The minimum Gasteiger partial charge on any atom is -0.339 e. The van der Waals surface area contributed by atoms with Crippen molar-refractivity contribution in [1.29, 1.82) is 0 Å². The molecule has 1 unspecified atom stereocenters. The topological polar surface area (TPSA) is 51.0 Å². The minimum absolute atomic E-state index is 0.310. The highest BCUT2D eigenvalue weighted by Crippen LogP contribution is 2.35. The Morgan fingerprint density at radius 3 is 2.80 bits per heavy atom. The standard InChI is InChI=1S/C15H24N4O/c1-18-11-13(16-17-18)8-9-15(20)19-10-4-7-14(19)12-5-2-3-6-12/h11-12,14H,2-10H2,1H3. The van der Waals surface area contributed by atoms with Crippen LogP contribution in [-0.4, -0.2) is 38.4 Å². The Morgan fingerprint density at radius 2 is 2.10 bits per heavy atom. The first-order valence-corrected chi connectivity index (χ1v) is 7.89. The summed E-state index contributed by atoms with van der Waals surface area (Å²) >= 11 is 0. The molecule has 0 aromatic carbocycles. The predicted molar refractivity (Wildman–Crippen MR) is 76.0 cm³/mol. The summed E-state index contributed by atoms with van der Waals surface area (Å²) in [5, 5.41) is 7.96. The first kappa shape index (κ1) is 13.6. The summed E-state index contributed by atoms with van der Waals surface area (Å²) < 4.78 is 1.69. The molecule has 110 valence electrons. The maximum atomic E-state index is 12.5. The van der Waals surface area contributed by atoms with E-state index in [0.29, 0.717) is 24.8 Å². The number of rotatable bonds is 4. The number of nitrogens with zero attached hydrogens (tertiary/aromatic N) is 4. The molecule has 5 heteroatoms. The number of hydrogen-bond acceptors (Lipinski definition) is 3. The highest BCUT2D eigenvalue weighted by Gasteiger charge is 2.35. The lowest BCUT2D eigenvalue weighted by Gasteiger charge is -2.29. The molecule has 0 bridgehead atoms. The van der Waals surface area contributed by atoms with E-state index in [0.717, 1.165) is 18.2 Å². The number of aryl methyl sites for hydroxylation is 2. The van der Waals surface area contributed by atoms with E-state index in [2.05, 4.69) is 15.2 Å².